The van der Waals surface area contributed by atoms with Crippen LogP contribution in [0.3, 0.4) is 0 Å². The number of aliphatic carboxylic acids is 1. The number of carboxylic acids is 1. The lowest BCUT2D eigenvalue weighted by atomic mass is 9.92. The van der Waals surface area contributed by atoms with E-state index < -0.39 is 11.5 Å². The molecule has 0 radical (unpaired) electrons. The van der Waals surface area contributed by atoms with Gasteiger partial charge in [0.1, 0.15) is 6.54 Å². The van der Waals surface area contributed by atoms with Crippen LogP contribution < -0.4 is 5.73 Å². The lowest BCUT2D eigenvalue weighted by molar-refractivity contribution is -0.147. The van der Waals surface area contributed by atoms with Gasteiger partial charge in [-0.2, -0.15) is 0 Å². The Bertz CT molecular complexity index is 296. The van der Waals surface area contributed by atoms with Crippen LogP contribution in [0.4, 0.5) is 0 Å². The average molecular weight is 242 g/mol. The number of carbonyl (C=O) groups is 2. The van der Waals surface area contributed by atoms with Gasteiger partial charge in [-0.15, -0.1) is 0 Å². The Kier molecular flexibility index (Phi) is 4.51. The molecule has 1 aliphatic rings. The molecule has 0 saturated heterocycles. The first kappa shape index (κ1) is 14.0. The zero-order valence-corrected chi connectivity index (χ0v) is 10.6. The van der Waals surface area contributed by atoms with E-state index >= 15 is 0 Å². The Hall–Kier alpha value is -1.10. The first-order valence-corrected chi connectivity index (χ1v) is 6.23. The third-order valence-electron chi connectivity index (χ3n) is 3.48. The molecule has 17 heavy (non-hydrogen) atoms. The second-order valence-corrected chi connectivity index (χ2v) is 4.89. The third-order valence-corrected chi connectivity index (χ3v) is 3.48. The molecule has 98 valence electrons. The van der Waals surface area contributed by atoms with E-state index in [1.165, 1.54) is 4.90 Å². The van der Waals surface area contributed by atoms with Gasteiger partial charge in [0.25, 0.3) is 0 Å². The summed E-state index contributed by atoms with van der Waals surface area (Å²) in [7, 11) is 0. The van der Waals surface area contributed by atoms with Crippen molar-refractivity contribution >= 4 is 11.9 Å². The number of hydrogen-bond donors (Lipinski definition) is 2. The zero-order chi connectivity index (χ0) is 13.1. The topological polar surface area (TPSA) is 83.6 Å². The second kappa shape index (κ2) is 5.49. The fourth-order valence-corrected chi connectivity index (χ4v) is 1.86. The molecule has 1 amide bonds. The first-order chi connectivity index (χ1) is 7.92. The number of carbonyl (C=O) groups excluding carboxylic acids is 1. The molecule has 0 spiro atoms. The SMILES string of the molecule is CCC(N)(CC)C(=O)N(CC(=O)O)CC1CC1. The largest absolute Gasteiger partial charge is 0.480 e. The third kappa shape index (κ3) is 3.70. The number of hydrogen-bond acceptors (Lipinski definition) is 3. The molecule has 0 aromatic carbocycles. The lowest BCUT2D eigenvalue weighted by Crippen LogP contribution is -2.56. The molecular weight excluding hydrogens is 220 g/mol. The van der Waals surface area contributed by atoms with Crippen molar-refractivity contribution in [1.29, 1.82) is 0 Å². The van der Waals surface area contributed by atoms with Crippen molar-refractivity contribution in [1.82, 2.24) is 4.90 Å². The summed E-state index contributed by atoms with van der Waals surface area (Å²) in [6.45, 7) is 4.01. The number of amides is 1. The molecule has 0 aromatic heterocycles. The Balaban J connectivity index is 2.72. The number of nitrogens with zero attached hydrogens (tertiary/aromatic N) is 1. The van der Waals surface area contributed by atoms with E-state index in [4.69, 9.17) is 10.8 Å². The summed E-state index contributed by atoms with van der Waals surface area (Å²) in [6, 6.07) is 0. The van der Waals surface area contributed by atoms with Crippen molar-refractivity contribution in [2.24, 2.45) is 11.7 Å². The molecule has 1 fully saturated rings. The Morgan fingerprint density at radius 3 is 2.24 bits per heavy atom. The maximum absolute atomic E-state index is 12.3. The minimum atomic E-state index is -0.978. The van der Waals surface area contributed by atoms with Gasteiger partial charge in [-0.25, -0.2) is 0 Å². The summed E-state index contributed by atoms with van der Waals surface area (Å²) in [5, 5.41) is 8.84. The van der Waals surface area contributed by atoms with E-state index in [-0.39, 0.29) is 12.5 Å². The monoisotopic (exact) mass is 242 g/mol. The normalized spacial score (nSPS) is 15.7. The summed E-state index contributed by atoms with van der Waals surface area (Å²) in [6.07, 6.45) is 3.23. The fraction of sp³-hybridized carbons (Fsp3) is 0.833. The van der Waals surface area contributed by atoms with Gasteiger partial charge < -0.3 is 15.7 Å². The summed E-state index contributed by atoms with van der Waals surface area (Å²) < 4.78 is 0. The molecule has 0 bridgehead atoms. The molecule has 5 nitrogen and oxygen atoms in total. The van der Waals surface area contributed by atoms with Crippen molar-refractivity contribution in [3.05, 3.63) is 0 Å². The zero-order valence-electron chi connectivity index (χ0n) is 10.6. The minimum absolute atomic E-state index is 0.225. The van der Waals surface area contributed by atoms with Gasteiger partial charge in [-0.3, -0.25) is 9.59 Å². The molecule has 3 N–H and O–H groups in total. The van der Waals surface area contributed by atoms with Crippen molar-refractivity contribution in [2.45, 2.75) is 45.1 Å². The van der Waals surface area contributed by atoms with Crippen LogP contribution in [0.1, 0.15) is 39.5 Å². The van der Waals surface area contributed by atoms with Gasteiger partial charge in [-0.05, 0) is 31.6 Å². The van der Waals surface area contributed by atoms with E-state index in [9.17, 15) is 9.59 Å². The van der Waals surface area contributed by atoms with Crippen molar-refractivity contribution in [3.8, 4) is 0 Å². The summed E-state index contributed by atoms with van der Waals surface area (Å²) in [5.74, 6) is -0.735. The van der Waals surface area contributed by atoms with E-state index in [2.05, 4.69) is 0 Å². The van der Waals surface area contributed by atoms with E-state index in [0.717, 1.165) is 12.8 Å². The summed E-state index contributed by atoms with van der Waals surface area (Å²) in [5.41, 5.74) is 5.12. The molecule has 0 aromatic rings. The molecule has 0 atom stereocenters. The number of carboxylic acid groups (broad SMARTS) is 1. The molecule has 1 rings (SSSR count). The molecule has 0 aliphatic heterocycles. The number of nitrogens with two attached hydrogens (primary N) is 1. The summed E-state index contributed by atoms with van der Waals surface area (Å²) >= 11 is 0. The van der Waals surface area contributed by atoms with Crippen molar-refractivity contribution in [3.63, 3.8) is 0 Å². The molecule has 5 heteroatoms. The van der Waals surface area contributed by atoms with E-state index in [1.54, 1.807) is 0 Å². The predicted octanol–water partition coefficient (Wildman–Crippen LogP) is 0.827. The highest BCUT2D eigenvalue weighted by Gasteiger charge is 2.37. The molecule has 1 saturated carbocycles. The summed E-state index contributed by atoms with van der Waals surface area (Å²) in [4.78, 5) is 24.5. The smallest absolute Gasteiger partial charge is 0.323 e. The van der Waals surface area contributed by atoms with Crippen LogP contribution in [-0.4, -0.2) is 40.5 Å². The van der Waals surface area contributed by atoms with Crippen LogP contribution in [0.2, 0.25) is 0 Å². The average Bonchev–Trinajstić information content (AvgIpc) is 3.09. The molecular formula is C12H22N2O3. The number of rotatable bonds is 7. The lowest BCUT2D eigenvalue weighted by Gasteiger charge is -2.32. The Labute approximate surface area is 102 Å². The van der Waals surface area contributed by atoms with E-state index in [1.807, 2.05) is 13.8 Å². The second-order valence-electron chi connectivity index (χ2n) is 4.89. The van der Waals surface area contributed by atoms with Crippen molar-refractivity contribution < 1.29 is 14.7 Å². The molecule has 1 aliphatic carbocycles. The Morgan fingerprint density at radius 2 is 1.88 bits per heavy atom. The maximum Gasteiger partial charge on any atom is 0.323 e. The highest BCUT2D eigenvalue weighted by Crippen LogP contribution is 2.30. The first-order valence-electron chi connectivity index (χ1n) is 6.23. The molecule has 0 unspecified atom stereocenters. The van der Waals surface area contributed by atoms with Crippen LogP contribution >= 0.6 is 0 Å². The van der Waals surface area contributed by atoms with Crippen LogP contribution in [0.15, 0.2) is 0 Å². The minimum Gasteiger partial charge on any atom is -0.480 e. The standard InChI is InChI=1S/C12H22N2O3/c1-3-12(13,4-2)11(17)14(8-10(15)16)7-9-5-6-9/h9H,3-8,13H2,1-2H3,(H,15,16). The molecule has 0 heterocycles. The van der Waals surface area contributed by atoms with Gasteiger partial charge in [0, 0.05) is 6.54 Å². The fourth-order valence-electron chi connectivity index (χ4n) is 1.86. The van der Waals surface area contributed by atoms with Gasteiger partial charge in [-0.1, -0.05) is 13.8 Å². The maximum atomic E-state index is 12.3. The highest BCUT2D eigenvalue weighted by molar-refractivity contribution is 5.88. The van der Waals surface area contributed by atoms with Crippen LogP contribution in [-0.2, 0) is 9.59 Å². The van der Waals surface area contributed by atoms with Gasteiger partial charge in [0.2, 0.25) is 5.91 Å². The van der Waals surface area contributed by atoms with Crippen LogP contribution in [0, 0.1) is 5.92 Å². The quantitative estimate of drug-likeness (QED) is 0.692. The Morgan fingerprint density at radius 1 is 1.35 bits per heavy atom. The van der Waals surface area contributed by atoms with Crippen molar-refractivity contribution in [2.75, 3.05) is 13.1 Å². The van der Waals surface area contributed by atoms with E-state index in [0.29, 0.717) is 25.3 Å². The van der Waals surface area contributed by atoms with Gasteiger partial charge >= 0.3 is 5.97 Å². The predicted molar refractivity (Wildman–Crippen MR) is 64.4 cm³/mol. The van der Waals surface area contributed by atoms with Crippen LogP contribution in [0.5, 0.6) is 0 Å². The van der Waals surface area contributed by atoms with Gasteiger partial charge in [0.05, 0.1) is 5.54 Å². The van der Waals surface area contributed by atoms with Crippen LogP contribution in [0.25, 0.3) is 0 Å². The van der Waals surface area contributed by atoms with Gasteiger partial charge in [0.15, 0.2) is 0 Å². The highest BCUT2D eigenvalue weighted by atomic mass is 16.4.